The van der Waals surface area contributed by atoms with Gasteiger partial charge in [0, 0.05) is 17.7 Å². The average molecular weight is 440 g/mol. The van der Waals surface area contributed by atoms with E-state index in [4.69, 9.17) is 4.74 Å². The number of ether oxygens (including phenoxy) is 1. The number of halogens is 1. The summed E-state index contributed by atoms with van der Waals surface area (Å²) in [5, 5.41) is 9.11. The maximum absolute atomic E-state index is 13.4. The number of aryl methyl sites for hydroxylation is 2. The van der Waals surface area contributed by atoms with E-state index in [0.717, 1.165) is 41.7 Å². The van der Waals surface area contributed by atoms with Gasteiger partial charge in [-0.1, -0.05) is 29.5 Å². The normalized spacial score (nSPS) is 17.1. The van der Waals surface area contributed by atoms with E-state index >= 15 is 0 Å². The van der Waals surface area contributed by atoms with Crippen LogP contribution in [0, 0.1) is 19.7 Å². The van der Waals surface area contributed by atoms with Crippen molar-refractivity contribution in [2.45, 2.75) is 56.7 Å². The quantitative estimate of drug-likeness (QED) is 0.372. The predicted molar refractivity (Wildman–Crippen MR) is 120 cm³/mol. The molecule has 0 N–H and O–H groups in total. The van der Waals surface area contributed by atoms with Crippen LogP contribution in [0.4, 0.5) is 4.39 Å². The van der Waals surface area contributed by atoms with Crippen LogP contribution < -0.4 is 0 Å². The first-order valence-electron chi connectivity index (χ1n) is 10.5. The molecule has 7 heteroatoms. The minimum absolute atomic E-state index is 0.0706. The molecule has 1 aromatic heterocycles. The van der Waals surface area contributed by atoms with E-state index in [2.05, 4.69) is 10.2 Å². The molecule has 4 rings (SSSR count). The van der Waals surface area contributed by atoms with Gasteiger partial charge in [0.2, 0.25) is 0 Å². The highest BCUT2D eigenvalue weighted by Gasteiger charge is 2.25. The van der Waals surface area contributed by atoms with Crippen LogP contribution in [-0.2, 0) is 11.3 Å². The second kappa shape index (κ2) is 9.32. The van der Waals surface area contributed by atoms with Gasteiger partial charge in [-0.15, -0.1) is 10.2 Å². The summed E-state index contributed by atoms with van der Waals surface area (Å²) < 4.78 is 21.2. The highest BCUT2D eigenvalue weighted by molar-refractivity contribution is 8.00. The van der Waals surface area contributed by atoms with Crippen molar-refractivity contribution in [2.24, 2.45) is 0 Å². The van der Waals surface area contributed by atoms with Gasteiger partial charge >= 0.3 is 0 Å². The molecule has 0 aliphatic carbocycles. The summed E-state index contributed by atoms with van der Waals surface area (Å²) in [6.07, 6.45) is 2.09. The minimum Gasteiger partial charge on any atom is -0.376 e. The molecule has 0 amide bonds. The molecule has 0 spiro atoms. The number of rotatable bonds is 7. The average Bonchev–Trinajstić information content (AvgIpc) is 3.41. The minimum atomic E-state index is -0.325. The van der Waals surface area contributed by atoms with Crippen molar-refractivity contribution in [3.8, 4) is 11.4 Å². The van der Waals surface area contributed by atoms with Crippen LogP contribution in [0.5, 0.6) is 0 Å². The van der Waals surface area contributed by atoms with Crippen molar-refractivity contribution in [1.29, 1.82) is 0 Å². The lowest BCUT2D eigenvalue weighted by molar-refractivity contribution is 0.0953. The second-order valence-corrected chi connectivity index (χ2v) is 9.31. The number of thioether (sulfide) groups is 1. The zero-order valence-corrected chi connectivity index (χ0v) is 18.8. The number of nitrogens with zero attached hydrogens (tertiary/aromatic N) is 3. The van der Waals surface area contributed by atoms with Crippen LogP contribution in [0.1, 0.15) is 41.3 Å². The zero-order valence-electron chi connectivity index (χ0n) is 18.0. The van der Waals surface area contributed by atoms with Gasteiger partial charge in [-0.25, -0.2) is 4.39 Å². The van der Waals surface area contributed by atoms with Gasteiger partial charge in [0.1, 0.15) is 5.82 Å². The Kier molecular flexibility index (Phi) is 6.53. The first-order chi connectivity index (χ1) is 14.9. The number of Topliss-reactive ketones (excluding diaryl/α,β-unsaturated/α-hetero) is 1. The van der Waals surface area contributed by atoms with E-state index in [1.807, 2.05) is 43.5 Å². The Balaban J connectivity index is 1.63. The third kappa shape index (κ3) is 4.88. The summed E-state index contributed by atoms with van der Waals surface area (Å²) in [4.78, 5) is 13.1. The smallest absolute Gasteiger partial charge is 0.192 e. The van der Waals surface area contributed by atoms with Crippen molar-refractivity contribution in [3.63, 3.8) is 0 Å². The zero-order chi connectivity index (χ0) is 22.0. The number of aromatic nitrogens is 3. The SMILES string of the molecule is Cc1ccc(C)c(C(=O)C(C)Sc2nnc(-c3ccc(F)cc3)n2CC2CCCO2)c1. The van der Waals surface area contributed by atoms with Crippen LogP contribution in [0.25, 0.3) is 11.4 Å². The van der Waals surface area contributed by atoms with Gasteiger partial charge in [-0.3, -0.25) is 9.36 Å². The molecule has 31 heavy (non-hydrogen) atoms. The van der Waals surface area contributed by atoms with Gasteiger partial charge in [-0.2, -0.15) is 0 Å². The molecule has 0 bridgehead atoms. The van der Waals surface area contributed by atoms with Crippen molar-refractivity contribution >= 4 is 17.5 Å². The standard InChI is InChI=1S/C24H26FN3O2S/c1-15-6-7-16(2)21(13-15)22(29)17(3)31-24-27-26-23(18-8-10-19(25)11-9-18)28(24)14-20-5-4-12-30-20/h6-11,13,17,20H,4-5,12,14H2,1-3H3. The molecule has 5 nitrogen and oxygen atoms in total. The van der Waals surface area contributed by atoms with E-state index in [9.17, 15) is 9.18 Å². The van der Waals surface area contributed by atoms with Gasteiger partial charge in [0.25, 0.3) is 0 Å². The molecule has 1 fully saturated rings. The lowest BCUT2D eigenvalue weighted by Crippen LogP contribution is -2.19. The van der Waals surface area contributed by atoms with Crippen LogP contribution in [0.15, 0.2) is 47.6 Å². The molecule has 1 aliphatic heterocycles. The highest BCUT2D eigenvalue weighted by atomic mass is 32.2. The molecule has 2 atom stereocenters. The Bertz CT molecular complexity index is 1070. The summed E-state index contributed by atoms with van der Waals surface area (Å²) >= 11 is 1.40. The van der Waals surface area contributed by atoms with Gasteiger partial charge < -0.3 is 4.74 Å². The Hall–Kier alpha value is -2.51. The van der Waals surface area contributed by atoms with E-state index < -0.39 is 0 Å². The van der Waals surface area contributed by atoms with Gasteiger partial charge in [-0.05, 0) is 69.5 Å². The number of hydrogen-bond acceptors (Lipinski definition) is 5. The molecule has 0 saturated carbocycles. The van der Waals surface area contributed by atoms with Crippen molar-refractivity contribution in [1.82, 2.24) is 14.8 Å². The number of ketones is 1. The largest absolute Gasteiger partial charge is 0.376 e. The van der Waals surface area contributed by atoms with E-state index in [-0.39, 0.29) is 23.0 Å². The fraction of sp³-hybridized carbons (Fsp3) is 0.375. The molecule has 3 aromatic rings. The van der Waals surface area contributed by atoms with Crippen molar-refractivity contribution < 1.29 is 13.9 Å². The maximum Gasteiger partial charge on any atom is 0.192 e. The Morgan fingerprint density at radius 2 is 2.00 bits per heavy atom. The molecule has 2 unspecified atom stereocenters. The highest BCUT2D eigenvalue weighted by Crippen LogP contribution is 2.30. The summed E-state index contributed by atoms with van der Waals surface area (Å²) in [7, 11) is 0. The molecule has 1 saturated heterocycles. The summed E-state index contributed by atoms with van der Waals surface area (Å²) in [6, 6.07) is 12.2. The number of hydrogen-bond donors (Lipinski definition) is 0. The van der Waals surface area contributed by atoms with Crippen LogP contribution in [0.3, 0.4) is 0 Å². The molecule has 2 aromatic carbocycles. The summed E-state index contributed by atoms with van der Waals surface area (Å²) in [6.45, 7) is 7.20. The molecule has 2 heterocycles. The van der Waals surface area contributed by atoms with Crippen LogP contribution in [-0.4, -0.2) is 38.5 Å². The van der Waals surface area contributed by atoms with E-state index in [1.165, 1.54) is 23.9 Å². The third-order valence-corrected chi connectivity index (χ3v) is 6.62. The first kappa shape index (κ1) is 21.7. The number of carbonyl (C=O) groups is 1. The van der Waals surface area contributed by atoms with E-state index in [1.54, 1.807) is 12.1 Å². The molecular weight excluding hydrogens is 413 g/mol. The number of benzene rings is 2. The van der Waals surface area contributed by atoms with Crippen LogP contribution in [0.2, 0.25) is 0 Å². The lowest BCUT2D eigenvalue weighted by atomic mass is 10.0. The summed E-state index contributed by atoms with van der Waals surface area (Å²) in [5.41, 5.74) is 3.55. The Morgan fingerprint density at radius 3 is 2.71 bits per heavy atom. The van der Waals surface area contributed by atoms with Gasteiger partial charge in [0.15, 0.2) is 16.8 Å². The third-order valence-electron chi connectivity index (χ3n) is 5.54. The Labute approximate surface area is 186 Å². The molecule has 1 aliphatic rings. The lowest BCUT2D eigenvalue weighted by Gasteiger charge is -2.17. The summed E-state index contributed by atoms with van der Waals surface area (Å²) in [5.74, 6) is 0.432. The molecule has 162 valence electrons. The maximum atomic E-state index is 13.4. The molecule has 0 radical (unpaired) electrons. The second-order valence-electron chi connectivity index (χ2n) is 8.00. The molecular formula is C24H26FN3O2S. The van der Waals surface area contributed by atoms with Crippen molar-refractivity contribution in [3.05, 3.63) is 65.0 Å². The number of carbonyl (C=O) groups excluding carboxylic acids is 1. The topological polar surface area (TPSA) is 57.0 Å². The fourth-order valence-electron chi connectivity index (χ4n) is 3.78. The Morgan fingerprint density at radius 1 is 1.23 bits per heavy atom. The monoisotopic (exact) mass is 439 g/mol. The van der Waals surface area contributed by atoms with Crippen molar-refractivity contribution in [2.75, 3.05) is 6.61 Å². The van der Waals surface area contributed by atoms with Crippen LogP contribution >= 0.6 is 11.8 Å². The van der Waals surface area contributed by atoms with E-state index in [0.29, 0.717) is 17.5 Å². The first-order valence-corrected chi connectivity index (χ1v) is 11.4. The predicted octanol–water partition coefficient (Wildman–Crippen LogP) is 5.24. The van der Waals surface area contributed by atoms with Gasteiger partial charge in [0.05, 0.1) is 17.9 Å². The fourth-order valence-corrected chi connectivity index (χ4v) is 4.70.